The summed E-state index contributed by atoms with van der Waals surface area (Å²) in [5.74, 6) is -0.312. The number of carbonyl (C=O) groups is 2. The van der Waals surface area contributed by atoms with E-state index in [0.29, 0.717) is 17.9 Å². The number of methoxy groups -OCH3 is 1. The predicted octanol–water partition coefficient (Wildman–Crippen LogP) is 2.32. The normalized spacial score (nSPS) is 12.0. The van der Waals surface area contributed by atoms with Gasteiger partial charge in [0.2, 0.25) is 21.8 Å². The first-order valence-corrected chi connectivity index (χ1v) is 12.1. The summed E-state index contributed by atoms with van der Waals surface area (Å²) in [5.41, 5.74) is 2.19. The van der Waals surface area contributed by atoms with Gasteiger partial charge in [-0.15, -0.1) is 0 Å². The minimum Gasteiger partial charge on any atom is -0.497 e. The molecule has 0 aliphatic rings. The van der Waals surface area contributed by atoms with E-state index in [1.807, 2.05) is 38.1 Å². The van der Waals surface area contributed by atoms with Gasteiger partial charge in [-0.25, -0.2) is 8.42 Å². The topological polar surface area (TPSA) is 96.0 Å². The van der Waals surface area contributed by atoms with Gasteiger partial charge in [0.15, 0.2) is 0 Å². The van der Waals surface area contributed by atoms with Gasteiger partial charge in [0, 0.05) is 19.7 Å². The lowest BCUT2D eigenvalue weighted by Crippen LogP contribution is -2.51. The van der Waals surface area contributed by atoms with Crippen molar-refractivity contribution in [2.75, 3.05) is 31.3 Å². The number of carbonyl (C=O) groups excluding carboxylic acids is 2. The van der Waals surface area contributed by atoms with E-state index in [4.69, 9.17) is 4.74 Å². The second-order valence-corrected chi connectivity index (χ2v) is 9.43. The molecule has 32 heavy (non-hydrogen) atoms. The molecule has 1 atom stereocenters. The summed E-state index contributed by atoms with van der Waals surface area (Å²) in [5, 5.41) is 2.60. The largest absolute Gasteiger partial charge is 0.497 e. The number of likely N-dealkylation sites (N-methyl/N-ethyl adjacent to an activating group) is 1. The van der Waals surface area contributed by atoms with E-state index in [-0.39, 0.29) is 12.5 Å². The Morgan fingerprint density at radius 2 is 1.81 bits per heavy atom. The molecule has 2 rings (SSSR count). The van der Waals surface area contributed by atoms with Crippen LogP contribution in [0.25, 0.3) is 0 Å². The standard InChI is InChI=1S/C23H31N3O5S/c1-6-21(23(28)24-3)25(15-18-10-7-9-17(2)13-18)22(27)16-26(32(5,29)30)19-11-8-12-20(14-19)31-4/h7-14,21H,6,15-16H2,1-5H3,(H,24,28)/t21-/m1/s1. The summed E-state index contributed by atoms with van der Waals surface area (Å²) in [6.45, 7) is 3.50. The maximum atomic E-state index is 13.4. The number of hydrogen-bond donors (Lipinski definition) is 1. The third-order valence-electron chi connectivity index (χ3n) is 5.09. The van der Waals surface area contributed by atoms with Crippen molar-refractivity contribution >= 4 is 27.5 Å². The number of aryl methyl sites for hydroxylation is 1. The van der Waals surface area contributed by atoms with Crippen LogP contribution in [0.2, 0.25) is 0 Å². The van der Waals surface area contributed by atoms with Crippen LogP contribution in [0.4, 0.5) is 5.69 Å². The maximum Gasteiger partial charge on any atom is 0.244 e. The van der Waals surface area contributed by atoms with Crippen LogP contribution in [0.5, 0.6) is 5.75 Å². The van der Waals surface area contributed by atoms with Crippen LogP contribution < -0.4 is 14.4 Å². The summed E-state index contributed by atoms with van der Waals surface area (Å²) in [4.78, 5) is 27.4. The summed E-state index contributed by atoms with van der Waals surface area (Å²) in [6.07, 6.45) is 1.43. The molecule has 0 aliphatic carbocycles. The lowest BCUT2D eigenvalue weighted by molar-refractivity contribution is -0.140. The molecule has 0 aliphatic heterocycles. The number of sulfonamides is 1. The molecule has 2 aromatic carbocycles. The lowest BCUT2D eigenvalue weighted by Gasteiger charge is -2.32. The van der Waals surface area contributed by atoms with Crippen molar-refractivity contribution in [2.45, 2.75) is 32.9 Å². The first-order chi connectivity index (χ1) is 15.1. The quantitative estimate of drug-likeness (QED) is 0.586. The predicted molar refractivity (Wildman–Crippen MR) is 125 cm³/mol. The Morgan fingerprint density at radius 3 is 2.38 bits per heavy atom. The second kappa shape index (κ2) is 11.0. The van der Waals surface area contributed by atoms with Crippen LogP contribution in [0.1, 0.15) is 24.5 Å². The van der Waals surface area contributed by atoms with E-state index in [2.05, 4.69) is 5.32 Å². The number of amides is 2. The highest BCUT2D eigenvalue weighted by molar-refractivity contribution is 7.92. The van der Waals surface area contributed by atoms with E-state index < -0.39 is 28.5 Å². The van der Waals surface area contributed by atoms with Crippen molar-refractivity contribution in [3.63, 3.8) is 0 Å². The molecule has 1 N–H and O–H groups in total. The fourth-order valence-corrected chi connectivity index (χ4v) is 4.31. The number of hydrogen-bond acceptors (Lipinski definition) is 5. The van der Waals surface area contributed by atoms with Crippen LogP contribution in [0.3, 0.4) is 0 Å². The highest BCUT2D eigenvalue weighted by Crippen LogP contribution is 2.24. The Labute approximate surface area is 190 Å². The molecule has 0 aromatic heterocycles. The third kappa shape index (κ3) is 6.46. The van der Waals surface area contributed by atoms with Crippen LogP contribution in [-0.2, 0) is 26.2 Å². The second-order valence-electron chi connectivity index (χ2n) is 7.52. The van der Waals surface area contributed by atoms with Crippen LogP contribution in [0.15, 0.2) is 48.5 Å². The number of ether oxygens (including phenoxy) is 1. The zero-order valence-corrected chi connectivity index (χ0v) is 20.0. The van der Waals surface area contributed by atoms with E-state index >= 15 is 0 Å². The molecule has 0 spiro atoms. The average Bonchev–Trinajstić information content (AvgIpc) is 2.76. The number of nitrogens with one attached hydrogen (secondary N) is 1. The SMILES string of the molecule is CC[C@H](C(=O)NC)N(Cc1cccc(C)c1)C(=O)CN(c1cccc(OC)c1)S(C)(=O)=O. The van der Waals surface area contributed by atoms with Crippen molar-refractivity contribution in [1.82, 2.24) is 10.2 Å². The van der Waals surface area contributed by atoms with E-state index in [1.54, 1.807) is 24.3 Å². The molecule has 0 fully saturated rings. The molecule has 8 nitrogen and oxygen atoms in total. The average molecular weight is 462 g/mol. The van der Waals surface area contributed by atoms with Gasteiger partial charge in [0.1, 0.15) is 18.3 Å². The molecule has 174 valence electrons. The van der Waals surface area contributed by atoms with Crippen molar-refractivity contribution in [3.05, 3.63) is 59.7 Å². The summed E-state index contributed by atoms with van der Waals surface area (Å²) in [7, 11) is -0.786. The Bertz CT molecular complexity index is 1060. The summed E-state index contributed by atoms with van der Waals surface area (Å²) < 4.78 is 31.3. The lowest BCUT2D eigenvalue weighted by atomic mass is 10.1. The number of anilines is 1. The molecular formula is C23H31N3O5S. The van der Waals surface area contributed by atoms with Gasteiger partial charge in [-0.2, -0.15) is 0 Å². The zero-order chi connectivity index (χ0) is 23.9. The van der Waals surface area contributed by atoms with Crippen LogP contribution >= 0.6 is 0 Å². The molecule has 0 unspecified atom stereocenters. The van der Waals surface area contributed by atoms with Crippen molar-refractivity contribution in [1.29, 1.82) is 0 Å². The Hall–Kier alpha value is -3.07. The molecule has 0 saturated carbocycles. The molecule has 2 aromatic rings. The molecule has 0 saturated heterocycles. The maximum absolute atomic E-state index is 13.4. The van der Waals surface area contributed by atoms with Gasteiger partial charge >= 0.3 is 0 Å². The molecule has 2 amide bonds. The van der Waals surface area contributed by atoms with E-state index in [1.165, 1.54) is 19.1 Å². The zero-order valence-electron chi connectivity index (χ0n) is 19.2. The van der Waals surface area contributed by atoms with Crippen LogP contribution in [-0.4, -0.2) is 58.1 Å². The summed E-state index contributed by atoms with van der Waals surface area (Å²) >= 11 is 0. The Balaban J connectivity index is 2.44. The van der Waals surface area contributed by atoms with Gasteiger partial charge in [-0.3, -0.25) is 13.9 Å². The number of benzene rings is 2. The minimum atomic E-state index is -3.78. The monoisotopic (exact) mass is 461 g/mol. The van der Waals surface area contributed by atoms with E-state index in [9.17, 15) is 18.0 Å². The van der Waals surface area contributed by atoms with Gasteiger partial charge in [-0.05, 0) is 31.0 Å². The van der Waals surface area contributed by atoms with Crippen LogP contribution in [0, 0.1) is 6.92 Å². The molecule has 0 radical (unpaired) electrons. The van der Waals surface area contributed by atoms with Crippen molar-refractivity contribution in [2.24, 2.45) is 0 Å². The van der Waals surface area contributed by atoms with Crippen molar-refractivity contribution in [3.8, 4) is 5.75 Å². The smallest absolute Gasteiger partial charge is 0.244 e. The van der Waals surface area contributed by atoms with Gasteiger partial charge in [0.05, 0.1) is 19.1 Å². The van der Waals surface area contributed by atoms with Gasteiger partial charge in [-0.1, -0.05) is 42.8 Å². The first kappa shape index (κ1) is 25.2. The fourth-order valence-electron chi connectivity index (χ4n) is 3.47. The molecular weight excluding hydrogens is 430 g/mol. The molecule has 0 bridgehead atoms. The number of nitrogens with zero attached hydrogens (tertiary/aromatic N) is 2. The van der Waals surface area contributed by atoms with Gasteiger partial charge in [0.25, 0.3) is 0 Å². The Morgan fingerprint density at radius 1 is 1.12 bits per heavy atom. The summed E-state index contributed by atoms with van der Waals surface area (Å²) in [6, 6.07) is 13.4. The van der Waals surface area contributed by atoms with E-state index in [0.717, 1.165) is 21.7 Å². The van der Waals surface area contributed by atoms with Crippen molar-refractivity contribution < 1.29 is 22.7 Å². The Kier molecular flexibility index (Phi) is 8.65. The highest BCUT2D eigenvalue weighted by Gasteiger charge is 2.31. The molecule has 0 heterocycles. The molecule has 9 heteroatoms. The minimum absolute atomic E-state index is 0.183. The third-order valence-corrected chi connectivity index (χ3v) is 6.23. The van der Waals surface area contributed by atoms with Gasteiger partial charge < -0.3 is 15.0 Å². The first-order valence-electron chi connectivity index (χ1n) is 10.3. The highest BCUT2D eigenvalue weighted by atomic mass is 32.2. The number of rotatable bonds is 10. The fraction of sp³-hybridized carbons (Fsp3) is 0.391.